The molecule has 3 aromatic heterocycles. The van der Waals surface area contributed by atoms with Gasteiger partial charge in [0.05, 0.1) is 13.2 Å². The average Bonchev–Trinajstić information content (AvgIpc) is 3.55. The number of anilines is 3. The van der Waals surface area contributed by atoms with E-state index in [-0.39, 0.29) is 0 Å². The van der Waals surface area contributed by atoms with Crippen molar-refractivity contribution in [1.82, 2.24) is 19.6 Å². The fourth-order valence-electron chi connectivity index (χ4n) is 4.23. The lowest BCUT2D eigenvalue weighted by Gasteiger charge is -2.28. The van der Waals surface area contributed by atoms with Gasteiger partial charge in [-0.15, -0.1) is 0 Å². The number of fused-ring (bicyclic) bond motifs is 2. The largest absolute Gasteiger partial charge is 0.378 e. The summed E-state index contributed by atoms with van der Waals surface area (Å²) in [6, 6.07) is 18.8. The molecule has 3 N–H and O–H groups in total. The molecule has 0 saturated carbocycles. The van der Waals surface area contributed by atoms with Gasteiger partial charge < -0.3 is 19.9 Å². The molecule has 1 aliphatic heterocycles. The zero-order valence-corrected chi connectivity index (χ0v) is 17.3. The van der Waals surface area contributed by atoms with Crippen LogP contribution in [0.15, 0.2) is 60.9 Å². The van der Waals surface area contributed by atoms with Gasteiger partial charge in [0.25, 0.3) is 0 Å². The monoisotopic (exact) mass is 423 g/mol. The van der Waals surface area contributed by atoms with E-state index in [0.29, 0.717) is 11.2 Å². The highest BCUT2D eigenvalue weighted by atomic mass is 16.5. The molecule has 4 heterocycles. The summed E-state index contributed by atoms with van der Waals surface area (Å²) in [6.07, 6.45) is 3.60. The Hall–Kier alpha value is -4.22. The molecule has 158 valence electrons. The molecule has 2 aromatic carbocycles. The van der Waals surface area contributed by atoms with Crippen LogP contribution in [-0.4, -0.2) is 45.9 Å². The van der Waals surface area contributed by atoms with Crippen LogP contribution in [0, 0.1) is 11.3 Å². The summed E-state index contributed by atoms with van der Waals surface area (Å²) in [6.45, 7) is 3.33. The molecule has 6 rings (SSSR count). The molecule has 1 fully saturated rings. The fraction of sp³-hybridized carbons (Fsp3) is 0.167. The Bertz CT molecular complexity index is 1450. The van der Waals surface area contributed by atoms with Crippen molar-refractivity contribution in [1.29, 1.82) is 5.26 Å². The molecule has 0 amide bonds. The molecule has 1 aliphatic rings. The molecule has 5 aromatic rings. The summed E-state index contributed by atoms with van der Waals surface area (Å²) in [5.41, 5.74) is 6.01. The number of nitriles is 1. The number of hydrogen-bond acceptors (Lipinski definition) is 5. The number of morpholine rings is 1. The minimum atomic E-state index is 0.503. The van der Waals surface area contributed by atoms with Crippen LogP contribution in [0.25, 0.3) is 27.8 Å². The molecule has 0 unspecified atom stereocenters. The van der Waals surface area contributed by atoms with E-state index in [0.717, 1.165) is 60.0 Å². The molecule has 1 saturated heterocycles. The molecule has 0 spiro atoms. The van der Waals surface area contributed by atoms with Gasteiger partial charge in [-0.3, -0.25) is 5.10 Å². The molecule has 32 heavy (non-hydrogen) atoms. The van der Waals surface area contributed by atoms with Gasteiger partial charge in [0.2, 0.25) is 0 Å². The van der Waals surface area contributed by atoms with Crippen LogP contribution in [0.2, 0.25) is 0 Å². The first kappa shape index (κ1) is 18.5. The number of hydrogen-bond donors (Lipinski definition) is 3. The van der Waals surface area contributed by atoms with Crippen molar-refractivity contribution in [2.45, 2.75) is 0 Å². The standard InChI is InChI=1S/C24H21N7O/c25-14-18-15-27-31-23(18)29-22(17-2-1-16-7-8-26-21(16)13-17)24(31)28-19-3-5-20(6-4-19)30-9-11-32-12-10-30/h1-8,13,15,26-28H,9-12H2. The van der Waals surface area contributed by atoms with Gasteiger partial charge in [0.1, 0.15) is 17.3 Å². The van der Waals surface area contributed by atoms with Crippen molar-refractivity contribution in [2.75, 3.05) is 36.5 Å². The van der Waals surface area contributed by atoms with Gasteiger partial charge >= 0.3 is 0 Å². The maximum Gasteiger partial charge on any atom is 0.173 e. The van der Waals surface area contributed by atoms with E-state index < -0.39 is 0 Å². The SMILES string of the molecule is N#Cc1c[nH]n2c(Nc3ccc(N4CCOCC4)cc3)c(-c3ccc4cc[nH]c4c3)nc12. The summed E-state index contributed by atoms with van der Waals surface area (Å²) >= 11 is 0. The number of aromatic nitrogens is 4. The minimum absolute atomic E-state index is 0.503. The van der Waals surface area contributed by atoms with Crippen molar-refractivity contribution < 1.29 is 4.74 Å². The van der Waals surface area contributed by atoms with E-state index in [1.54, 1.807) is 6.20 Å². The van der Waals surface area contributed by atoms with Crippen molar-refractivity contribution >= 4 is 33.7 Å². The number of rotatable bonds is 4. The first-order valence-electron chi connectivity index (χ1n) is 10.6. The third-order valence-corrected chi connectivity index (χ3v) is 5.91. The van der Waals surface area contributed by atoms with Gasteiger partial charge in [0, 0.05) is 47.9 Å². The molecular formula is C24H21N7O. The van der Waals surface area contributed by atoms with Gasteiger partial charge in [-0.25, -0.2) is 9.50 Å². The second-order valence-electron chi connectivity index (χ2n) is 7.82. The van der Waals surface area contributed by atoms with Gasteiger partial charge in [-0.1, -0.05) is 12.1 Å². The number of aromatic amines is 2. The predicted octanol–water partition coefficient (Wildman–Crippen LogP) is 4.26. The van der Waals surface area contributed by atoms with Crippen LogP contribution in [0.3, 0.4) is 0 Å². The summed E-state index contributed by atoms with van der Waals surface area (Å²) in [5.74, 6) is 0.784. The molecule has 0 radical (unpaired) electrons. The quantitative estimate of drug-likeness (QED) is 0.401. The second kappa shape index (κ2) is 7.48. The normalized spacial score (nSPS) is 14.2. The number of nitrogens with one attached hydrogen (secondary N) is 3. The number of H-pyrrole nitrogens is 2. The Kier molecular flexibility index (Phi) is 4.33. The number of ether oxygens (including phenoxy) is 1. The minimum Gasteiger partial charge on any atom is -0.378 e. The molecule has 8 heteroatoms. The maximum absolute atomic E-state index is 9.49. The van der Waals surface area contributed by atoms with E-state index in [1.807, 2.05) is 16.8 Å². The lowest BCUT2D eigenvalue weighted by molar-refractivity contribution is 0.122. The van der Waals surface area contributed by atoms with Gasteiger partial charge in [-0.2, -0.15) is 5.26 Å². The van der Waals surface area contributed by atoms with E-state index in [4.69, 9.17) is 9.72 Å². The lowest BCUT2D eigenvalue weighted by atomic mass is 10.1. The van der Waals surface area contributed by atoms with E-state index in [9.17, 15) is 5.26 Å². The number of benzene rings is 2. The number of imidazole rings is 1. The van der Waals surface area contributed by atoms with Crippen LogP contribution in [0.5, 0.6) is 0 Å². The summed E-state index contributed by atoms with van der Waals surface area (Å²) in [5, 5.41) is 17.3. The topological polar surface area (TPSA) is 97.2 Å². The zero-order chi connectivity index (χ0) is 21.5. The average molecular weight is 423 g/mol. The summed E-state index contributed by atoms with van der Waals surface area (Å²) in [4.78, 5) is 10.4. The Morgan fingerprint density at radius 1 is 1.06 bits per heavy atom. The highest BCUT2D eigenvalue weighted by molar-refractivity contribution is 5.88. The Morgan fingerprint density at radius 2 is 1.91 bits per heavy atom. The third-order valence-electron chi connectivity index (χ3n) is 5.91. The summed E-state index contributed by atoms with van der Waals surface area (Å²) in [7, 11) is 0. The molecular weight excluding hydrogens is 402 g/mol. The first-order valence-corrected chi connectivity index (χ1v) is 10.6. The molecule has 0 atom stereocenters. The highest BCUT2D eigenvalue weighted by Crippen LogP contribution is 2.33. The molecule has 8 nitrogen and oxygen atoms in total. The van der Waals surface area contributed by atoms with E-state index in [2.05, 4.69) is 68.8 Å². The van der Waals surface area contributed by atoms with Crippen molar-refractivity contribution in [3.05, 3.63) is 66.5 Å². The van der Waals surface area contributed by atoms with E-state index >= 15 is 0 Å². The van der Waals surface area contributed by atoms with Crippen LogP contribution >= 0.6 is 0 Å². The van der Waals surface area contributed by atoms with Crippen molar-refractivity contribution in [3.8, 4) is 17.3 Å². The smallest absolute Gasteiger partial charge is 0.173 e. The summed E-state index contributed by atoms with van der Waals surface area (Å²) < 4.78 is 7.27. The van der Waals surface area contributed by atoms with Crippen LogP contribution in [-0.2, 0) is 4.74 Å². The third kappa shape index (κ3) is 3.07. The predicted molar refractivity (Wildman–Crippen MR) is 124 cm³/mol. The lowest BCUT2D eigenvalue weighted by Crippen LogP contribution is -2.36. The molecule has 0 bridgehead atoms. The molecule has 0 aliphatic carbocycles. The van der Waals surface area contributed by atoms with Crippen LogP contribution in [0.4, 0.5) is 17.2 Å². The first-order chi connectivity index (χ1) is 15.8. The Balaban J connectivity index is 1.40. The van der Waals surface area contributed by atoms with Crippen LogP contribution < -0.4 is 10.2 Å². The van der Waals surface area contributed by atoms with Gasteiger partial charge in [-0.05, 0) is 41.8 Å². The van der Waals surface area contributed by atoms with Crippen molar-refractivity contribution in [2.24, 2.45) is 0 Å². The maximum atomic E-state index is 9.49. The van der Waals surface area contributed by atoms with Gasteiger partial charge in [0.15, 0.2) is 11.5 Å². The number of nitrogens with zero attached hydrogens (tertiary/aromatic N) is 4. The zero-order valence-electron chi connectivity index (χ0n) is 17.3. The Morgan fingerprint density at radius 3 is 2.72 bits per heavy atom. The van der Waals surface area contributed by atoms with Crippen molar-refractivity contribution in [3.63, 3.8) is 0 Å². The van der Waals surface area contributed by atoms with E-state index in [1.165, 1.54) is 5.69 Å². The highest BCUT2D eigenvalue weighted by Gasteiger charge is 2.19. The fourth-order valence-corrected chi connectivity index (χ4v) is 4.23. The van der Waals surface area contributed by atoms with Crippen LogP contribution in [0.1, 0.15) is 5.56 Å². The second-order valence-corrected chi connectivity index (χ2v) is 7.82. The Labute approximate surface area is 184 Å².